The number of anilines is 1. The second-order valence-electron chi connectivity index (χ2n) is 7.96. The molecule has 10 heteroatoms. The van der Waals surface area contributed by atoms with Gasteiger partial charge in [0.15, 0.2) is 0 Å². The molecule has 178 valence electrons. The van der Waals surface area contributed by atoms with Gasteiger partial charge >= 0.3 is 5.97 Å². The number of amides is 2. The van der Waals surface area contributed by atoms with Gasteiger partial charge in [-0.15, -0.1) is 0 Å². The van der Waals surface area contributed by atoms with Crippen LogP contribution in [0.2, 0.25) is 5.02 Å². The number of nitrogens with zero attached hydrogens (tertiary/aromatic N) is 2. The van der Waals surface area contributed by atoms with Crippen molar-refractivity contribution < 1.29 is 19.1 Å². The highest BCUT2D eigenvalue weighted by molar-refractivity contribution is 8.04. The molecule has 2 atom stereocenters. The van der Waals surface area contributed by atoms with E-state index in [4.69, 9.17) is 22.1 Å². The zero-order valence-electron chi connectivity index (χ0n) is 18.9. The van der Waals surface area contributed by atoms with Gasteiger partial charge in [0.2, 0.25) is 5.91 Å². The van der Waals surface area contributed by atoms with E-state index in [2.05, 4.69) is 11.4 Å². The molecule has 3 N–H and O–H groups in total. The van der Waals surface area contributed by atoms with Crippen molar-refractivity contribution in [1.29, 1.82) is 5.26 Å². The fourth-order valence-electron chi connectivity index (χ4n) is 4.00. The van der Waals surface area contributed by atoms with Gasteiger partial charge in [-0.25, -0.2) is 0 Å². The largest absolute Gasteiger partial charge is 0.469 e. The Morgan fingerprint density at radius 2 is 1.91 bits per heavy atom. The van der Waals surface area contributed by atoms with Crippen molar-refractivity contribution in [3.05, 3.63) is 86.7 Å². The van der Waals surface area contributed by atoms with Gasteiger partial charge in [0.25, 0.3) is 5.91 Å². The number of esters is 1. The number of methoxy groups -OCH3 is 1. The Hall–Kier alpha value is -3.74. The molecular formula is C25H21ClN4O4S. The molecule has 0 aliphatic carbocycles. The molecule has 4 rings (SSSR count). The van der Waals surface area contributed by atoms with Crippen LogP contribution in [0.4, 0.5) is 5.69 Å². The second kappa shape index (κ2) is 9.86. The molecule has 35 heavy (non-hydrogen) atoms. The number of nitrogens with two attached hydrogens (primary N) is 1. The first-order valence-corrected chi connectivity index (χ1v) is 11.9. The Morgan fingerprint density at radius 1 is 1.23 bits per heavy atom. The number of aryl methyl sites for hydroxylation is 1. The third kappa shape index (κ3) is 4.50. The average Bonchev–Trinajstić information content (AvgIpc) is 3.16. The van der Waals surface area contributed by atoms with Crippen LogP contribution in [0.1, 0.15) is 23.5 Å². The minimum atomic E-state index is -0.914. The number of nitriles is 1. The number of allylic oxidation sites excluding steroid dienone is 1. The van der Waals surface area contributed by atoms with Crippen LogP contribution in [0.15, 0.2) is 70.5 Å². The highest BCUT2D eigenvalue weighted by Gasteiger charge is 2.48. The lowest BCUT2D eigenvalue weighted by atomic mass is 9.82. The van der Waals surface area contributed by atoms with E-state index in [1.165, 1.54) is 7.11 Å². The van der Waals surface area contributed by atoms with Crippen LogP contribution in [0, 0.1) is 18.3 Å². The molecule has 1 saturated heterocycles. The van der Waals surface area contributed by atoms with Gasteiger partial charge in [-0.05, 0) is 30.7 Å². The number of rotatable bonds is 5. The maximum Gasteiger partial charge on any atom is 0.307 e. The summed E-state index contributed by atoms with van der Waals surface area (Å²) in [4.78, 5) is 40.0. The standard InChI is InChI=1S/C25H21ClN4O4S/c1-13-7-9-14(10-8-13)29-23(32)21-20(15-5-3-4-6-17(15)26)16(12-27)22(28)30-24(33)18(35-25(21)30)11-19(31)34-2/h3-10,18,20H,11,28H2,1-2H3,(H,29,32)/t18-,20+/m1/s1. The number of benzene rings is 2. The predicted octanol–water partition coefficient (Wildman–Crippen LogP) is 3.80. The van der Waals surface area contributed by atoms with E-state index >= 15 is 0 Å². The van der Waals surface area contributed by atoms with E-state index in [1.54, 1.807) is 36.4 Å². The summed E-state index contributed by atoms with van der Waals surface area (Å²) in [5, 5.41) is 12.7. The van der Waals surface area contributed by atoms with Crippen LogP contribution in [-0.4, -0.2) is 35.0 Å². The number of carbonyl (C=O) groups excluding carboxylic acids is 3. The summed E-state index contributed by atoms with van der Waals surface area (Å²) in [6.45, 7) is 1.93. The fourth-order valence-corrected chi connectivity index (χ4v) is 5.57. The van der Waals surface area contributed by atoms with Gasteiger partial charge in [-0.3, -0.25) is 19.3 Å². The van der Waals surface area contributed by atoms with Crippen LogP contribution >= 0.6 is 23.4 Å². The van der Waals surface area contributed by atoms with Crippen LogP contribution in [0.3, 0.4) is 0 Å². The Kier molecular flexibility index (Phi) is 6.87. The van der Waals surface area contributed by atoms with Gasteiger partial charge in [0.1, 0.15) is 11.1 Å². The lowest BCUT2D eigenvalue weighted by Crippen LogP contribution is -2.39. The summed E-state index contributed by atoms with van der Waals surface area (Å²) in [6.07, 6.45) is -0.210. The highest BCUT2D eigenvalue weighted by atomic mass is 35.5. The highest BCUT2D eigenvalue weighted by Crippen LogP contribution is 2.50. The number of nitrogens with one attached hydrogen (secondary N) is 1. The SMILES string of the molecule is COC(=O)C[C@H]1SC2=C(C(=O)Nc3ccc(C)cc3)[C@@H](c3ccccc3Cl)C(C#N)=C(N)N2C1=O. The Labute approximate surface area is 211 Å². The summed E-state index contributed by atoms with van der Waals surface area (Å²) in [7, 11) is 1.23. The number of thioether (sulfide) groups is 1. The molecule has 2 aliphatic heterocycles. The van der Waals surface area contributed by atoms with Gasteiger partial charge < -0.3 is 15.8 Å². The van der Waals surface area contributed by atoms with E-state index in [9.17, 15) is 19.6 Å². The van der Waals surface area contributed by atoms with Crippen molar-refractivity contribution in [1.82, 2.24) is 4.90 Å². The average molecular weight is 509 g/mol. The molecule has 2 aliphatic rings. The summed E-state index contributed by atoms with van der Waals surface area (Å²) >= 11 is 7.53. The van der Waals surface area contributed by atoms with Gasteiger partial charge in [-0.2, -0.15) is 5.26 Å². The number of hydrogen-bond acceptors (Lipinski definition) is 7. The number of carbonyl (C=O) groups is 3. The summed E-state index contributed by atoms with van der Waals surface area (Å²) in [5.74, 6) is -2.60. The first kappa shape index (κ1) is 24.4. The Bertz CT molecular complexity index is 1330. The Morgan fingerprint density at radius 3 is 2.54 bits per heavy atom. The number of fused-ring (bicyclic) bond motifs is 1. The lowest BCUT2D eigenvalue weighted by molar-refractivity contribution is -0.142. The van der Waals surface area contributed by atoms with Crippen molar-refractivity contribution >= 4 is 46.8 Å². The zero-order chi connectivity index (χ0) is 25.3. The normalized spacial score (nSPS) is 19.4. The first-order valence-electron chi connectivity index (χ1n) is 10.6. The zero-order valence-corrected chi connectivity index (χ0v) is 20.4. The summed E-state index contributed by atoms with van der Waals surface area (Å²) in [6, 6.07) is 16.1. The van der Waals surface area contributed by atoms with E-state index in [1.807, 2.05) is 19.1 Å². The third-order valence-electron chi connectivity index (χ3n) is 5.75. The van der Waals surface area contributed by atoms with Crippen LogP contribution in [0.25, 0.3) is 0 Å². The molecule has 0 saturated carbocycles. The van der Waals surface area contributed by atoms with Crippen LogP contribution in [0.5, 0.6) is 0 Å². The molecule has 0 unspecified atom stereocenters. The molecule has 0 spiro atoms. The molecule has 0 bridgehead atoms. The van der Waals surface area contributed by atoms with Gasteiger partial charge in [0, 0.05) is 10.7 Å². The molecule has 0 radical (unpaired) electrons. The minimum absolute atomic E-state index is 0.0172. The van der Waals surface area contributed by atoms with Crippen LogP contribution in [-0.2, 0) is 19.1 Å². The fraction of sp³-hybridized carbons (Fsp3) is 0.200. The molecule has 8 nitrogen and oxygen atoms in total. The molecule has 2 aromatic rings. The lowest BCUT2D eigenvalue weighted by Gasteiger charge is -2.32. The molecule has 0 aromatic heterocycles. The van der Waals surface area contributed by atoms with Crippen molar-refractivity contribution in [3.8, 4) is 6.07 Å². The van der Waals surface area contributed by atoms with E-state index in [0.29, 0.717) is 16.3 Å². The minimum Gasteiger partial charge on any atom is -0.469 e. The maximum absolute atomic E-state index is 13.7. The van der Waals surface area contributed by atoms with E-state index < -0.39 is 29.0 Å². The third-order valence-corrected chi connectivity index (χ3v) is 7.37. The molecular weight excluding hydrogens is 488 g/mol. The first-order chi connectivity index (χ1) is 16.8. The maximum atomic E-state index is 13.7. The van der Waals surface area contributed by atoms with Crippen LogP contribution < -0.4 is 11.1 Å². The molecule has 2 aromatic carbocycles. The van der Waals surface area contributed by atoms with Gasteiger partial charge in [-0.1, -0.05) is 59.3 Å². The second-order valence-corrected chi connectivity index (χ2v) is 9.56. The smallest absolute Gasteiger partial charge is 0.307 e. The quantitative estimate of drug-likeness (QED) is 0.588. The number of ether oxygens (including phenoxy) is 1. The predicted molar refractivity (Wildman–Crippen MR) is 133 cm³/mol. The summed E-state index contributed by atoms with van der Waals surface area (Å²) < 4.78 is 4.72. The van der Waals surface area contributed by atoms with Crippen molar-refractivity contribution in [2.75, 3.05) is 12.4 Å². The monoisotopic (exact) mass is 508 g/mol. The van der Waals surface area contributed by atoms with Gasteiger partial charge in [0.05, 0.1) is 41.7 Å². The van der Waals surface area contributed by atoms with E-state index in [0.717, 1.165) is 22.2 Å². The van der Waals surface area contributed by atoms with Crippen molar-refractivity contribution in [2.45, 2.75) is 24.5 Å². The number of halogens is 1. The molecule has 2 heterocycles. The Balaban J connectivity index is 1.89. The molecule has 1 fully saturated rings. The van der Waals surface area contributed by atoms with Crippen molar-refractivity contribution in [2.24, 2.45) is 5.73 Å². The topological polar surface area (TPSA) is 126 Å². The van der Waals surface area contributed by atoms with E-state index in [-0.39, 0.29) is 28.4 Å². The van der Waals surface area contributed by atoms with Crippen molar-refractivity contribution in [3.63, 3.8) is 0 Å². The number of hydrogen-bond donors (Lipinski definition) is 2. The summed E-state index contributed by atoms with van der Waals surface area (Å²) in [5.41, 5.74) is 8.55. The molecule has 2 amide bonds.